The topological polar surface area (TPSA) is 81.5 Å². The molecular weight excluding hydrogens is 354 g/mol. The zero-order chi connectivity index (χ0) is 19.7. The van der Waals surface area contributed by atoms with Gasteiger partial charge in [-0.1, -0.05) is 0 Å². The number of pyridine rings is 1. The van der Waals surface area contributed by atoms with Gasteiger partial charge in [-0.15, -0.1) is 0 Å². The van der Waals surface area contributed by atoms with E-state index in [1.54, 1.807) is 6.20 Å². The number of morpholine rings is 1. The summed E-state index contributed by atoms with van der Waals surface area (Å²) >= 11 is 0. The molecule has 146 valence electrons. The number of nitrogens with one attached hydrogen (secondary N) is 1. The molecule has 1 aromatic heterocycles. The van der Waals surface area contributed by atoms with Crippen LogP contribution in [-0.4, -0.2) is 66.8 Å². The van der Waals surface area contributed by atoms with E-state index in [-0.39, 0.29) is 18.1 Å². The second-order valence-electron chi connectivity index (χ2n) is 7.70. The molecule has 3 atom stereocenters. The van der Waals surface area contributed by atoms with E-state index in [4.69, 9.17) is 4.74 Å². The Kier molecular flexibility index (Phi) is 5.16. The molecule has 0 spiro atoms. The fourth-order valence-corrected chi connectivity index (χ4v) is 4.16. The summed E-state index contributed by atoms with van der Waals surface area (Å²) in [5, 5.41) is 13.3. The summed E-state index contributed by atoms with van der Waals surface area (Å²) < 4.78 is 6.20. The lowest BCUT2D eigenvalue weighted by Gasteiger charge is -2.42. The van der Waals surface area contributed by atoms with Crippen molar-refractivity contribution in [2.45, 2.75) is 32.1 Å². The van der Waals surface area contributed by atoms with Crippen molar-refractivity contribution in [3.63, 3.8) is 0 Å². The van der Waals surface area contributed by atoms with Crippen molar-refractivity contribution in [3.05, 3.63) is 36.0 Å². The number of fused-ring (bicyclic) bond motifs is 1. The predicted octanol–water partition coefficient (Wildman–Crippen LogP) is 1.52. The van der Waals surface area contributed by atoms with Crippen molar-refractivity contribution in [2.24, 2.45) is 0 Å². The molecule has 1 unspecified atom stereocenters. The Labute approximate surface area is 164 Å². The number of carbonyl (C=O) groups excluding carboxylic acids is 1. The smallest absolute Gasteiger partial charge is 0.234 e. The third-order valence-electron chi connectivity index (χ3n) is 5.54. The third-order valence-corrected chi connectivity index (χ3v) is 5.54. The molecule has 4 rings (SSSR count). The fraction of sp³-hybridized carbons (Fsp3) is 0.476. The lowest BCUT2D eigenvalue weighted by atomic mass is 10.1. The molecule has 2 fully saturated rings. The Morgan fingerprint density at radius 1 is 1.32 bits per heavy atom. The van der Waals surface area contributed by atoms with E-state index in [0.717, 1.165) is 36.2 Å². The number of anilines is 1. The molecule has 0 aliphatic carbocycles. The van der Waals surface area contributed by atoms with E-state index in [9.17, 15) is 10.1 Å². The van der Waals surface area contributed by atoms with Gasteiger partial charge in [0.15, 0.2) is 0 Å². The van der Waals surface area contributed by atoms with Gasteiger partial charge in [0.2, 0.25) is 5.91 Å². The minimum absolute atomic E-state index is 0.0134. The number of nitriles is 1. The lowest BCUT2D eigenvalue weighted by molar-refractivity contribution is -0.126. The third kappa shape index (κ3) is 3.66. The Bertz CT molecular complexity index is 925. The monoisotopic (exact) mass is 379 g/mol. The van der Waals surface area contributed by atoms with Gasteiger partial charge >= 0.3 is 0 Å². The molecule has 0 radical (unpaired) electrons. The average molecular weight is 379 g/mol. The summed E-state index contributed by atoms with van der Waals surface area (Å²) in [4.78, 5) is 20.7. The van der Waals surface area contributed by atoms with E-state index in [2.05, 4.69) is 40.0 Å². The minimum Gasteiger partial charge on any atom is -0.370 e. The first-order chi connectivity index (χ1) is 13.5. The Hall–Kier alpha value is -2.69. The van der Waals surface area contributed by atoms with Gasteiger partial charge in [-0.25, -0.2) is 0 Å². The van der Waals surface area contributed by atoms with Crippen molar-refractivity contribution < 1.29 is 9.53 Å². The van der Waals surface area contributed by atoms with Gasteiger partial charge in [0.25, 0.3) is 0 Å². The van der Waals surface area contributed by atoms with Crippen LogP contribution in [0.4, 0.5) is 5.69 Å². The standard InChI is InChI=1S/C21H25N5O2/c1-14-9-24-20(27)13-25(14)11-17-12-26(10-15(2)28-17)19-6-5-16(8-22)21-18(19)4-3-7-23-21/h3-7,14-15,17H,9-13H2,1-2H3,(H,24,27)/t14?,15-,17-/m1/s1. The van der Waals surface area contributed by atoms with Crippen LogP contribution in [0, 0.1) is 11.3 Å². The van der Waals surface area contributed by atoms with Gasteiger partial charge in [0.05, 0.1) is 29.8 Å². The molecule has 7 heteroatoms. The van der Waals surface area contributed by atoms with Crippen molar-refractivity contribution >= 4 is 22.5 Å². The second kappa shape index (κ2) is 7.74. The summed E-state index contributed by atoms with van der Waals surface area (Å²) in [5.74, 6) is 0.0722. The molecule has 28 heavy (non-hydrogen) atoms. The largest absolute Gasteiger partial charge is 0.370 e. The van der Waals surface area contributed by atoms with Crippen LogP contribution in [0.25, 0.3) is 10.9 Å². The van der Waals surface area contributed by atoms with Crippen LogP contribution in [0.15, 0.2) is 30.5 Å². The van der Waals surface area contributed by atoms with Crippen LogP contribution in [0.3, 0.4) is 0 Å². The van der Waals surface area contributed by atoms with Crippen LogP contribution >= 0.6 is 0 Å². The van der Waals surface area contributed by atoms with E-state index in [0.29, 0.717) is 24.7 Å². The number of benzene rings is 1. The molecule has 1 amide bonds. The van der Waals surface area contributed by atoms with E-state index < -0.39 is 0 Å². The van der Waals surface area contributed by atoms with Crippen molar-refractivity contribution in [3.8, 4) is 6.07 Å². The molecular formula is C21H25N5O2. The maximum atomic E-state index is 11.8. The molecule has 3 heterocycles. The van der Waals surface area contributed by atoms with Crippen molar-refractivity contribution in [2.75, 3.05) is 37.6 Å². The van der Waals surface area contributed by atoms with Crippen molar-refractivity contribution in [1.29, 1.82) is 5.26 Å². The maximum absolute atomic E-state index is 11.8. The highest BCUT2D eigenvalue weighted by molar-refractivity contribution is 5.95. The fourth-order valence-electron chi connectivity index (χ4n) is 4.16. The van der Waals surface area contributed by atoms with E-state index >= 15 is 0 Å². The summed E-state index contributed by atoms with van der Waals surface area (Å²) in [6.45, 7) is 7.55. The maximum Gasteiger partial charge on any atom is 0.234 e. The van der Waals surface area contributed by atoms with Crippen LogP contribution < -0.4 is 10.2 Å². The predicted molar refractivity (Wildman–Crippen MR) is 107 cm³/mol. The van der Waals surface area contributed by atoms with Crippen molar-refractivity contribution in [1.82, 2.24) is 15.2 Å². The van der Waals surface area contributed by atoms with Gasteiger partial charge in [0, 0.05) is 49.5 Å². The molecule has 0 saturated carbocycles. The van der Waals surface area contributed by atoms with Crippen LogP contribution in [0.1, 0.15) is 19.4 Å². The van der Waals surface area contributed by atoms with E-state index in [1.165, 1.54) is 0 Å². The summed E-state index contributed by atoms with van der Waals surface area (Å²) in [6, 6.07) is 10.3. The lowest BCUT2D eigenvalue weighted by Crippen LogP contribution is -2.58. The highest BCUT2D eigenvalue weighted by Gasteiger charge is 2.31. The molecule has 0 bridgehead atoms. The van der Waals surface area contributed by atoms with Gasteiger partial charge in [-0.3, -0.25) is 14.7 Å². The number of ether oxygens (including phenoxy) is 1. The number of rotatable bonds is 3. The molecule has 2 aliphatic rings. The van der Waals surface area contributed by atoms with Crippen LogP contribution in [-0.2, 0) is 9.53 Å². The first-order valence-electron chi connectivity index (χ1n) is 9.74. The number of aromatic nitrogens is 1. The van der Waals surface area contributed by atoms with E-state index in [1.807, 2.05) is 24.3 Å². The normalized spacial score (nSPS) is 26.1. The van der Waals surface area contributed by atoms with Crippen LogP contribution in [0.5, 0.6) is 0 Å². The van der Waals surface area contributed by atoms with Gasteiger partial charge in [-0.05, 0) is 38.1 Å². The SMILES string of the molecule is CC1CNC(=O)CN1C[C@@H]1CN(c2ccc(C#N)c3ncccc23)C[C@@H](C)O1. The number of nitrogens with zero attached hydrogens (tertiary/aromatic N) is 4. The number of piperazine rings is 1. The summed E-state index contributed by atoms with van der Waals surface area (Å²) in [5.41, 5.74) is 2.40. The Morgan fingerprint density at radius 2 is 2.18 bits per heavy atom. The Morgan fingerprint density at radius 3 is 3.00 bits per heavy atom. The first kappa shape index (κ1) is 18.7. The number of hydrogen-bond acceptors (Lipinski definition) is 6. The van der Waals surface area contributed by atoms with Gasteiger partial charge < -0.3 is 15.0 Å². The molecule has 2 aliphatic heterocycles. The summed E-state index contributed by atoms with van der Waals surface area (Å²) in [7, 11) is 0. The molecule has 2 aromatic rings. The average Bonchev–Trinajstić information content (AvgIpc) is 2.69. The van der Waals surface area contributed by atoms with Crippen LogP contribution in [0.2, 0.25) is 0 Å². The molecule has 7 nitrogen and oxygen atoms in total. The summed E-state index contributed by atoms with van der Waals surface area (Å²) in [6.07, 6.45) is 1.81. The molecule has 2 saturated heterocycles. The van der Waals surface area contributed by atoms with Gasteiger partial charge in [0.1, 0.15) is 6.07 Å². The Balaban J connectivity index is 1.58. The quantitative estimate of drug-likeness (QED) is 0.871. The zero-order valence-corrected chi connectivity index (χ0v) is 16.3. The molecule has 1 N–H and O–H groups in total. The second-order valence-corrected chi connectivity index (χ2v) is 7.70. The number of hydrogen-bond donors (Lipinski definition) is 1. The zero-order valence-electron chi connectivity index (χ0n) is 16.3. The highest BCUT2D eigenvalue weighted by Crippen LogP contribution is 2.30. The highest BCUT2D eigenvalue weighted by atomic mass is 16.5. The minimum atomic E-state index is 0.0134. The first-order valence-corrected chi connectivity index (χ1v) is 9.74. The number of amides is 1. The van der Waals surface area contributed by atoms with Gasteiger partial charge in [-0.2, -0.15) is 5.26 Å². The number of carbonyl (C=O) groups is 1. The molecule has 1 aromatic carbocycles.